The molecule has 1 N–H and O–H groups in total. The second kappa shape index (κ2) is 9.90. The molecule has 1 saturated heterocycles. The van der Waals surface area contributed by atoms with Gasteiger partial charge in [-0.1, -0.05) is 44.2 Å². The largest absolute Gasteiger partial charge is 0.507 e. The first-order valence-corrected chi connectivity index (χ1v) is 11.9. The van der Waals surface area contributed by atoms with Gasteiger partial charge in [0.25, 0.3) is 11.7 Å². The van der Waals surface area contributed by atoms with Crippen molar-refractivity contribution in [1.29, 1.82) is 0 Å². The number of aryl methyl sites for hydroxylation is 1. The quantitative estimate of drug-likeness (QED) is 0.261. The number of anilines is 1. The molecule has 1 unspecified atom stereocenters. The van der Waals surface area contributed by atoms with Crippen LogP contribution in [0.25, 0.3) is 5.76 Å². The number of carbonyl (C=O) groups is 2. The molecule has 6 nitrogen and oxygen atoms in total. The Morgan fingerprint density at radius 3 is 2.28 bits per heavy atom. The number of carbonyl (C=O) groups excluding carboxylic acids is 2. The summed E-state index contributed by atoms with van der Waals surface area (Å²) in [5.74, 6) is -0.344. The molecule has 1 heterocycles. The second-order valence-electron chi connectivity index (χ2n) is 9.24. The van der Waals surface area contributed by atoms with Gasteiger partial charge in [-0.15, -0.1) is 0 Å². The molecule has 0 spiro atoms. The fourth-order valence-corrected chi connectivity index (χ4v) is 4.75. The van der Waals surface area contributed by atoms with Gasteiger partial charge >= 0.3 is 0 Å². The first kappa shape index (κ1) is 25.0. The monoisotopic (exact) mass is 485 g/mol. The number of aliphatic hydroxyl groups excluding tert-OH is 1. The third-order valence-electron chi connectivity index (χ3n) is 6.84. The van der Waals surface area contributed by atoms with Crippen molar-refractivity contribution in [2.24, 2.45) is 0 Å². The molecular formula is C30H31NO5. The summed E-state index contributed by atoms with van der Waals surface area (Å²) in [6.45, 7) is 7.92. The molecular weight excluding hydrogens is 454 g/mol. The van der Waals surface area contributed by atoms with Gasteiger partial charge in [-0.25, -0.2) is 0 Å². The summed E-state index contributed by atoms with van der Waals surface area (Å²) in [5, 5.41) is 11.6. The molecule has 1 aliphatic heterocycles. The molecule has 0 radical (unpaired) electrons. The van der Waals surface area contributed by atoms with Crippen LogP contribution in [0.5, 0.6) is 11.5 Å². The van der Waals surface area contributed by atoms with Gasteiger partial charge in [0.15, 0.2) is 0 Å². The summed E-state index contributed by atoms with van der Waals surface area (Å²) in [5.41, 5.74) is 4.45. The maximum absolute atomic E-state index is 13.6. The smallest absolute Gasteiger partial charge is 0.300 e. The van der Waals surface area contributed by atoms with Gasteiger partial charge in [0, 0.05) is 16.8 Å². The first-order chi connectivity index (χ1) is 17.2. The lowest BCUT2D eigenvalue weighted by atomic mass is 9.92. The van der Waals surface area contributed by atoms with E-state index in [0.29, 0.717) is 28.3 Å². The minimum atomic E-state index is -0.869. The van der Waals surface area contributed by atoms with E-state index in [1.165, 1.54) is 4.90 Å². The second-order valence-corrected chi connectivity index (χ2v) is 9.24. The fraction of sp³-hybridized carbons (Fsp3) is 0.267. The van der Waals surface area contributed by atoms with Crippen LogP contribution in [-0.4, -0.2) is 31.0 Å². The van der Waals surface area contributed by atoms with Crippen LogP contribution in [0.4, 0.5) is 5.69 Å². The Balaban J connectivity index is 2.02. The Hall–Kier alpha value is -4.06. The Morgan fingerprint density at radius 1 is 0.917 bits per heavy atom. The van der Waals surface area contributed by atoms with Crippen molar-refractivity contribution in [3.05, 3.63) is 94.1 Å². The molecule has 3 aromatic rings. The number of hydrogen-bond donors (Lipinski definition) is 1. The standard InChI is InChI=1S/C30H31NO5/c1-17(2)22-16-20(14-15-25(22)36-6)28(32)26-27(21-11-7-8-13-24(21)35-5)31(30(34)29(26)33)23-12-9-10-18(3)19(23)4/h7-17,27,32H,1-6H3/b28-26+. The molecule has 0 bridgehead atoms. The number of benzene rings is 3. The van der Waals surface area contributed by atoms with Crippen LogP contribution in [0.15, 0.2) is 66.2 Å². The molecule has 0 aromatic heterocycles. The average molecular weight is 486 g/mol. The summed E-state index contributed by atoms with van der Waals surface area (Å²) >= 11 is 0. The van der Waals surface area contributed by atoms with Crippen LogP contribution in [-0.2, 0) is 9.59 Å². The predicted molar refractivity (Wildman–Crippen MR) is 141 cm³/mol. The fourth-order valence-electron chi connectivity index (χ4n) is 4.75. The molecule has 0 aliphatic carbocycles. The minimum absolute atomic E-state index is 0.0188. The van der Waals surface area contributed by atoms with E-state index in [0.717, 1.165) is 16.7 Å². The summed E-state index contributed by atoms with van der Waals surface area (Å²) in [6, 6.07) is 17.3. The van der Waals surface area contributed by atoms with Crippen LogP contribution in [0, 0.1) is 13.8 Å². The highest BCUT2D eigenvalue weighted by atomic mass is 16.5. The minimum Gasteiger partial charge on any atom is -0.507 e. The van der Waals surface area contributed by atoms with E-state index >= 15 is 0 Å². The highest BCUT2D eigenvalue weighted by Crippen LogP contribution is 2.46. The SMILES string of the molecule is COc1ccc(/C(O)=C2\C(=O)C(=O)N(c3cccc(C)c3C)C2c2ccccc2OC)cc1C(C)C. The number of para-hydroxylation sites is 1. The molecule has 36 heavy (non-hydrogen) atoms. The van der Waals surface area contributed by atoms with Crippen LogP contribution in [0.3, 0.4) is 0 Å². The van der Waals surface area contributed by atoms with E-state index in [4.69, 9.17) is 9.47 Å². The van der Waals surface area contributed by atoms with Crippen molar-refractivity contribution >= 4 is 23.1 Å². The molecule has 186 valence electrons. The van der Waals surface area contributed by atoms with Crippen molar-refractivity contribution < 1.29 is 24.2 Å². The zero-order valence-electron chi connectivity index (χ0n) is 21.5. The Morgan fingerprint density at radius 2 is 1.61 bits per heavy atom. The first-order valence-electron chi connectivity index (χ1n) is 11.9. The number of rotatable bonds is 6. The zero-order valence-corrected chi connectivity index (χ0v) is 21.5. The van der Waals surface area contributed by atoms with Crippen molar-refractivity contribution in [2.45, 2.75) is 39.7 Å². The number of ether oxygens (including phenoxy) is 2. The third kappa shape index (κ3) is 4.13. The topological polar surface area (TPSA) is 76.1 Å². The molecule has 6 heteroatoms. The number of ketones is 1. The Kier molecular flexibility index (Phi) is 6.88. The molecule has 1 amide bonds. The van der Waals surface area contributed by atoms with E-state index in [2.05, 4.69) is 0 Å². The van der Waals surface area contributed by atoms with Crippen molar-refractivity contribution in [3.63, 3.8) is 0 Å². The van der Waals surface area contributed by atoms with Gasteiger partial charge in [0.2, 0.25) is 0 Å². The number of methoxy groups -OCH3 is 2. The van der Waals surface area contributed by atoms with E-state index < -0.39 is 17.7 Å². The summed E-state index contributed by atoms with van der Waals surface area (Å²) in [6.07, 6.45) is 0. The van der Waals surface area contributed by atoms with E-state index in [1.807, 2.05) is 70.2 Å². The lowest BCUT2D eigenvalue weighted by molar-refractivity contribution is -0.132. The highest BCUT2D eigenvalue weighted by molar-refractivity contribution is 6.51. The van der Waals surface area contributed by atoms with Crippen LogP contribution in [0.2, 0.25) is 0 Å². The lowest BCUT2D eigenvalue weighted by Gasteiger charge is -2.28. The van der Waals surface area contributed by atoms with Crippen molar-refractivity contribution in [1.82, 2.24) is 0 Å². The van der Waals surface area contributed by atoms with Crippen LogP contribution < -0.4 is 14.4 Å². The third-order valence-corrected chi connectivity index (χ3v) is 6.84. The summed E-state index contributed by atoms with van der Waals surface area (Å²) < 4.78 is 11.1. The summed E-state index contributed by atoms with van der Waals surface area (Å²) in [4.78, 5) is 28.6. The zero-order chi connectivity index (χ0) is 26.1. The normalized spacial score (nSPS) is 17.1. The van der Waals surface area contributed by atoms with E-state index in [9.17, 15) is 14.7 Å². The summed E-state index contributed by atoms with van der Waals surface area (Å²) in [7, 11) is 3.14. The van der Waals surface area contributed by atoms with Gasteiger partial charge in [-0.2, -0.15) is 0 Å². The lowest BCUT2D eigenvalue weighted by Crippen LogP contribution is -2.30. The van der Waals surface area contributed by atoms with Crippen molar-refractivity contribution in [3.8, 4) is 11.5 Å². The Labute approximate surface area is 211 Å². The number of aliphatic hydroxyl groups is 1. The van der Waals surface area contributed by atoms with Crippen molar-refractivity contribution in [2.75, 3.05) is 19.1 Å². The van der Waals surface area contributed by atoms with Gasteiger partial charge in [-0.3, -0.25) is 14.5 Å². The van der Waals surface area contributed by atoms with Gasteiger partial charge in [0.05, 0.1) is 25.8 Å². The Bertz CT molecular complexity index is 1370. The maximum Gasteiger partial charge on any atom is 0.300 e. The van der Waals surface area contributed by atoms with E-state index in [1.54, 1.807) is 32.4 Å². The highest BCUT2D eigenvalue weighted by Gasteiger charge is 2.48. The molecule has 1 fully saturated rings. The molecule has 4 rings (SSSR count). The van der Waals surface area contributed by atoms with Gasteiger partial charge < -0.3 is 14.6 Å². The molecule has 1 atom stereocenters. The number of Topliss-reactive ketones (excluding diaryl/α,β-unsaturated/α-hetero) is 1. The average Bonchev–Trinajstić information content (AvgIpc) is 3.14. The number of nitrogens with zero attached hydrogens (tertiary/aromatic N) is 1. The van der Waals surface area contributed by atoms with Gasteiger partial charge in [0.1, 0.15) is 17.3 Å². The number of amides is 1. The molecule has 1 aliphatic rings. The maximum atomic E-state index is 13.6. The predicted octanol–water partition coefficient (Wildman–Crippen LogP) is 6.07. The molecule has 0 saturated carbocycles. The van der Waals surface area contributed by atoms with Crippen LogP contribution in [0.1, 0.15) is 53.6 Å². The van der Waals surface area contributed by atoms with E-state index in [-0.39, 0.29) is 17.3 Å². The molecule has 3 aromatic carbocycles. The van der Waals surface area contributed by atoms with Crippen LogP contribution >= 0.6 is 0 Å². The van der Waals surface area contributed by atoms with Gasteiger partial charge in [-0.05, 0) is 66.8 Å². The number of hydrogen-bond acceptors (Lipinski definition) is 5.